The summed E-state index contributed by atoms with van der Waals surface area (Å²) in [6.45, 7) is 6.33. The smallest absolute Gasteiger partial charge is 0.246 e. The topological polar surface area (TPSA) is 23.6 Å². The largest absolute Gasteiger partial charge is 0.338 e. The Morgan fingerprint density at radius 2 is 1.81 bits per heavy atom. The zero-order chi connectivity index (χ0) is 18.4. The van der Waals surface area contributed by atoms with Gasteiger partial charge >= 0.3 is 0 Å². The average molecular weight is 352 g/mol. The summed E-state index contributed by atoms with van der Waals surface area (Å²) in [7, 11) is 0. The summed E-state index contributed by atoms with van der Waals surface area (Å²) in [6, 6.07) is 14.9. The summed E-state index contributed by atoms with van der Waals surface area (Å²) in [5.74, 6) is -0.359. The third-order valence-corrected chi connectivity index (χ3v) is 4.87. The summed E-state index contributed by atoms with van der Waals surface area (Å²) in [5.41, 5.74) is 3.08. The summed E-state index contributed by atoms with van der Waals surface area (Å²) < 4.78 is 13.7. The van der Waals surface area contributed by atoms with Crippen molar-refractivity contribution in [3.05, 3.63) is 77.1 Å². The molecule has 2 aromatic carbocycles. The fourth-order valence-electron chi connectivity index (χ4n) is 3.25. The van der Waals surface area contributed by atoms with Crippen LogP contribution in [0.15, 0.2) is 54.6 Å². The average Bonchev–Trinajstić information content (AvgIpc) is 2.88. The van der Waals surface area contributed by atoms with Crippen LogP contribution >= 0.6 is 0 Å². The van der Waals surface area contributed by atoms with Crippen LogP contribution in [0.2, 0.25) is 0 Å². The monoisotopic (exact) mass is 352 g/mol. The van der Waals surface area contributed by atoms with Crippen LogP contribution in [0.5, 0.6) is 0 Å². The number of aryl methyl sites for hydroxylation is 1. The van der Waals surface area contributed by atoms with Crippen molar-refractivity contribution in [2.45, 2.75) is 19.9 Å². The van der Waals surface area contributed by atoms with E-state index in [0.717, 1.165) is 32.6 Å². The first-order chi connectivity index (χ1) is 12.6. The molecule has 4 heteroatoms. The fraction of sp³-hybridized carbons (Fsp3) is 0.318. The van der Waals surface area contributed by atoms with E-state index in [4.69, 9.17) is 0 Å². The number of rotatable bonds is 4. The van der Waals surface area contributed by atoms with Gasteiger partial charge in [0.25, 0.3) is 0 Å². The number of amides is 1. The molecule has 0 aromatic heterocycles. The molecule has 2 aromatic rings. The van der Waals surface area contributed by atoms with Crippen molar-refractivity contribution in [3.8, 4) is 0 Å². The second-order valence-corrected chi connectivity index (χ2v) is 6.74. The molecule has 1 fully saturated rings. The Bertz CT molecular complexity index is 787. The second-order valence-electron chi connectivity index (χ2n) is 6.74. The number of benzene rings is 2. The molecule has 136 valence electrons. The number of nitrogens with zero attached hydrogens (tertiary/aromatic N) is 2. The van der Waals surface area contributed by atoms with Crippen LogP contribution in [0.3, 0.4) is 0 Å². The van der Waals surface area contributed by atoms with Crippen molar-refractivity contribution in [2.24, 2.45) is 0 Å². The van der Waals surface area contributed by atoms with Gasteiger partial charge in [0.1, 0.15) is 5.82 Å². The molecule has 0 saturated carbocycles. The molecule has 0 spiro atoms. The van der Waals surface area contributed by atoms with Gasteiger partial charge in [0.05, 0.1) is 0 Å². The van der Waals surface area contributed by atoms with Gasteiger partial charge in [-0.3, -0.25) is 9.69 Å². The second kappa shape index (κ2) is 8.77. The van der Waals surface area contributed by atoms with E-state index in [-0.39, 0.29) is 11.7 Å². The van der Waals surface area contributed by atoms with Crippen molar-refractivity contribution in [3.63, 3.8) is 0 Å². The minimum absolute atomic E-state index is 0.0500. The van der Waals surface area contributed by atoms with E-state index in [0.29, 0.717) is 12.1 Å². The molecule has 1 heterocycles. The lowest BCUT2D eigenvalue weighted by atomic mass is 10.1. The first-order valence-corrected chi connectivity index (χ1v) is 9.12. The van der Waals surface area contributed by atoms with Gasteiger partial charge in [-0.05, 0) is 36.6 Å². The van der Waals surface area contributed by atoms with Gasteiger partial charge in [-0.1, -0.05) is 42.5 Å². The Morgan fingerprint density at radius 3 is 2.62 bits per heavy atom. The quantitative estimate of drug-likeness (QED) is 0.780. The molecule has 1 aliphatic rings. The molecule has 0 bridgehead atoms. The lowest BCUT2D eigenvalue weighted by Crippen LogP contribution is -2.34. The lowest BCUT2D eigenvalue weighted by molar-refractivity contribution is -0.125. The zero-order valence-electron chi connectivity index (χ0n) is 15.2. The summed E-state index contributed by atoms with van der Waals surface area (Å²) >= 11 is 0. The van der Waals surface area contributed by atoms with Gasteiger partial charge in [-0.2, -0.15) is 0 Å². The van der Waals surface area contributed by atoms with Crippen molar-refractivity contribution >= 4 is 12.0 Å². The normalized spacial score (nSPS) is 16.0. The maximum absolute atomic E-state index is 13.7. The van der Waals surface area contributed by atoms with Crippen LogP contribution in [-0.2, 0) is 11.3 Å². The highest BCUT2D eigenvalue weighted by Crippen LogP contribution is 2.13. The molecule has 0 radical (unpaired) electrons. The summed E-state index contributed by atoms with van der Waals surface area (Å²) in [4.78, 5) is 16.7. The Morgan fingerprint density at radius 1 is 1.04 bits per heavy atom. The highest BCUT2D eigenvalue weighted by Gasteiger charge is 2.18. The van der Waals surface area contributed by atoms with E-state index in [2.05, 4.69) is 36.1 Å². The standard InChI is InChI=1S/C22H25FN2O/c1-18-7-2-3-9-20(18)17-24-13-6-14-25(16-15-24)22(26)12-11-19-8-4-5-10-21(19)23/h2-5,7-12H,6,13-17H2,1H3/b12-11-. The van der Waals surface area contributed by atoms with Crippen LogP contribution in [0.1, 0.15) is 23.1 Å². The number of hydrogen-bond acceptors (Lipinski definition) is 2. The molecule has 3 rings (SSSR count). The lowest BCUT2D eigenvalue weighted by Gasteiger charge is -2.22. The number of carbonyl (C=O) groups is 1. The molecule has 0 N–H and O–H groups in total. The van der Waals surface area contributed by atoms with E-state index in [1.807, 2.05) is 4.90 Å². The SMILES string of the molecule is Cc1ccccc1CN1CCCN(C(=O)/C=C\c2ccccc2F)CC1. The van der Waals surface area contributed by atoms with Crippen molar-refractivity contribution in [1.29, 1.82) is 0 Å². The Kier molecular flexibility index (Phi) is 6.18. The van der Waals surface area contributed by atoms with Crippen LogP contribution in [0, 0.1) is 12.7 Å². The first-order valence-electron chi connectivity index (χ1n) is 9.12. The van der Waals surface area contributed by atoms with E-state index in [9.17, 15) is 9.18 Å². The summed E-state index contributed by atoms with van der Waals surface area (Å²) in [5, 5.41) is 0. The van der Waals surface area contributed by atoms with Crippen LogP contribution in [0.4, 0.5) is 4.39 Å². The first kappa shape index (κ1) is 18.3. The molecule has 26 heavy (non-hydrogen) atoms. The molecule has 1 saturated heterocycles. The maximum atomic E-state index is 13.7. The minimum atomic E-state index is -0.308. The van der Waals surface area contributed by atoms with Gasteiger partial charge < -0.3 is 4.90 Å². The number of carbonyl (C=O) groups excluding carboxylic acids is 1. The third-order valence-electron chi connectivity index (χ3n) is 4.87. The van der Waals surface area contributed by atoms with Crippen LogP contribution in [0.25, 0.3) is 6.08 Å². The Labute approximate surface area is 154 Å². The summed E-state index contributed by atoms with van der Waals surface area (Å²) in [6.07, 6.45) is 3.99. The molecule has 0 atom stereocenters. The molecular formula is C22H25FN2O. The van der Waals surface area contributed by atoms with Crippen LogP contribution < -0.4 is 0 Å². The molecule has 3 nitrogen and oxygen atoms in total. The van der Waals surface area contributed by atoms with E-state index in [1.165, 1.54) is 23.3 Å². The highest BCUT2D eigenvalue weighted by molar-refractivity contribution is 5.91. The van der Waals surface area contributed by atoms with Gasteiger partial charge in [0, 0.05) is 44.4 Å². The molecule has 0 unspecified atom stereocenters. The van der Waals surface area contributed by atoms with Gasteiger partial charge in [0.2, 0.25) is 5.91 Å². The van der Waals surface area contributed by atoms with E-state index >= 15 is 0 Å². The van der Waals surface area contributed by atoms with Crippen molar-refractivity contribution in [1.82, 2.24) is 9.80 Å². The predicted molar refractivity (Wildman–Crippen MR) is 103 cm³/mol. The Balaban J connectivity index is 1.57. The minimum Gasteiger partial charge on any atom is -0.338 e. The van der Waals surface area contributed by atoms with Gasteiger partial charge in [0.15, 0.2) is 0 Å². The zero-order valence-corrected chi connectivity index (χ0v) is 15.2. The maximum Gasteiger partial charge on any atom is 0.246 e. The number of hydrogen-bond donors (Lipinski definition) is 0. The fourth-order valence-corrected chi connectivity index (χ4v) is 3.25. The third kappa shape index (κ3) is 4.79. The molecule has 1 amide bonds. The molecule has 0 aliphatic carbocycles. The number of halogens is 1. The van der Waals surface area contributed by atoms with Crippen LogP contribution in [-0.4, -0.2) is 41.9 Å². The highest BCUT2D eigenvalue weighted by atomic mass is 19.1. The van der Waals surface area contributed by atoms with Gasteiger partial charge in [-0.25, -0.2) is 4.39 Å². The van der Waals surface area contributed by atoms with Gasteiger partial charge in [-0.15, -0.1) is 0 Å². The molecule has 1 aliphatic heterocycles. The van der Waals surface area contributed by atoms with E-state index in [1.54, 1.807) is 24.3 Å². The van der Waals surface area contributed by atoms with Crippen molar-refractivity contribution < 1.29 is 9.18 Å². The predicted octanol–water partition coefficient (Wildman–Crippen LogP) is 3.88. The Hall–Kier alpha value is -2.46. The molecular weight excluding hydrogens is 327 g/mol. The van der Waals surface area contributed by atoms with Crippen molar-refractivity contribution in [2.75, 3.05) is 26.2 Å². The van der Waals surface area contributed by atoms with E-state index < -0.39 is 0 Å².